The SMILES string of the molecule is CCCCCOc1ccc(C(=O)N2CCC(C(=O)Nc3ccc(C)cn3)CC2)cc1. The van der Waals surface area contributed by atoms with Crippen LogP contribution < -0.4 is 10.1 Å². The summed E-state index contributed by atoms with van der Waals surface area (Å²) in [5.41, 5.74) is 1.71. The molecule has 2 aromatic rings. The van der Waals surface area contributed by atoms with Gasteiger partial charge in [-0.15, -0.1) is 0 Å². The highest BCUT2D eigenvalue weighted by molar-refractivity contribution is 5.95. The van der Waals surface area contributed by atoms with Crippen LogP contribution in [0.2, 0.25) is 0 Å². The van der Waals surface area contributed by atoms with Crippen LogP contribution in [-0.2, 0) is 4.79 Å². The Morgan fingerprint density at radius 1 is 1.10 bits per heavy atom. The molecular formula is C24H31N3O3. The van der Waals surface area contributed by atoms with Gasteiger partial charge in [-0.05, 0) is 62.1 Å². The molecule has 6 nitrogen and oxygen atoms in total. The number of pyridine rings is 1. The van der Waals surface area contributed by atoms with Crippen molar-refractivity contribution in [2.24, 2.45) is 5.92 Å². The topological polar surface area (TPSA) is 71.5 Å². The van der Waals surface area contributed by atoms with Gasteiger partial charge in [0.05, 0.1) is 6.61 Å². The number of carbonyl (C=O) groups is 2. The van der Waals surface area contributed by atoms with E-state index in [1.807, 2.05) is 48.2 Å². The number of aryl methyl sites for hydroxylation is 1. The van der Waals surface area contributed by atoms with Crippen LogP contribution in [0.3, 0.4) is 0 Å². The zero-order valence-electron chi connectivity index (χ0n) is 17.9. The number of ether oxygens (including phenoxy) is 1. The molecule has 0 saturated carbocycles. The van der Waals surface area contributed by atoms with E-state index in [9.17, 15) is 9.59 Å². The molecule has 6 heteroatoms. The molecule has 0 atom stereocenters. The average Bonchev–Trinajstić information content (AvgIpc) is 2.78. The fourth-order valence-electron chi connectivity index (χ4n) is 3.53. The third-order valence-corrected chi connectivity index (χ3v) is 5.43. The predicted molar refractivity (Wildman–Crippen MR) is 118 cm³/mol. The summed E-state index contributed by atoms with van der Waals surface area (Å²) in [6.45, 7) is 5.98. The highest BCUT2D eigenvalue weighted by Gasteiger charge is 2.28. The molecule has 2 heterocycles. The van der Waals surface area contributed by atoms with Crippen LogP contribution in [0.15, 0.2) is 42.6 Å². The van der Waals surface area contributed by atoms with Crippen LogP contribution in [0.5, 0.6) is 5.75 Å². The molecule has 160 valence electrons. The molecule has 0 bridgehead atoms. The van der Waals surface area contributed by atoms with E-state index in [0.29, 0.717) is 43.9 Å². The van der Waals surface area contributed by atoms with Gasteiger partial charge in [0.2, 0.25) is 5.91 Å². The molecule has 1 aliphatic rings. The van der Waals surface area contributed by atoms with Gasteiger partial charge in [-0.25, -0.2) is 4.98 Å². The van der Waals surface area contributed by atoms with Crippen molar-refractivity contribution in [1.82, 2.24) is 9.88 Å². The van der Waals surface area contributed by atoms with Crippen LogP contribution >= 0.6 is 0 Å². The largest absolute Gasteiger partial charge is 0.494 e. The first-order valence-corrected chi connectivity index (χ1v) is 10.8. The van der Waals surface area contributed by atoms with Gasteiger partial charge in [0.25, 0.3) is 5.91 Å². The Morgan fingerprint density at radius 3 is 2.47 bits per heavy atom. The second-order valence-electron chi connectivity index (χ2n) is 7.86. The highest BCUT2D eigenvalue weighted by Crippen LogP contribution is 2.22. The molecule has 3 rings (SSSR count). The Morgan fingerprint density at radius 2 is 1.83 bits per heavy atom. The first-order valence-electron chi connectivity index (χ1n) is 10.8. The van der Waals surface area contributed by atoms with Crippen LogP contribution in [0.1, 0.15) is 54.9 Å². The zero-order chi connectivity index (χ0) is 21.3. The maximum Gasteiger partial charge on any atom is 0.253 e. The maximum atomic E-state index is 12.8. The number of rotatable bonds is 8. The molecule has 0 spiro atoms. The number of likely N-dealkylation sites (tertiary alicyclic amines) is 1. The van der Waals surface area contributed by atoms with Gasteiger partial charge in [0.1, 0.15) is 11.6 Å². The minimum atomic E-state index is -0.101. The molecular weight excluding hydrogens is 378 g/mol. The van der Waals surface area contributed by atoms with Crippen molar-refractivity contribution < 1.29 is 14.3 Å². The molecule has 0 radical (unpaired) electrons. The van der Waals surface area contributed by atoms with Crippen molar-refractivity contribution in [2.45, 2.75) is 46.0 Å². The molecule has 0 unspecified atom stereocenters. The van der Waals surface area contributed by atoms with Gasteiger partial charge in [-0.1, -0.05) is 25.8 Å². The normalized spacial score (nSPS) is 14.4. The lowest BCUT2D eigenvalue weighted by Crippen LogP contribution is -2.41. The summed E-state index contributed by atoms with van der Waals surface area (Å²) in [7, 11) is 0. The van der Waals surface area contributed by atoms with Gasteiger partial charge in [0, 0.05) is 30.8 Å². The van der Waals surface area contributed by atoms with Gasteiger partial charge in [-0.3, -0.25) is 9.59 Å². The first-order chi connectivity index (χ1) is 14.6. The Kier molecular flexibility index (Phi) is 7.82. The summed E-state index contributed by atoms with van der Waals surface area (Å²) in [5.74, 6) is 1.24. The molecule has 1 fully saturated rings. The second kappa shape index (κ2) is 10.8. The Balaban J connectivity index is 1.46. The number of nitrogens with zero attached hydrogens (tertiary/aromatic N) is 2. The zero-order valence-corrected chi connectivity index (χ0v) is 17.9. The number of benzene rings is 1. The molecule has 1 aliphatic heterocycles. The third-order valence-electron chi connectivity index (χ3n) is 5.43. The van der Waals surface area contributed by atoms with Crippen molar-refractivity contribution >= 4 is 17.6 Å². The van der Waals surface area contributed by atoms with Crippen molar-refractivity contribution in [3.05, 3.63) is 53.7 Å². The standard InChI is InChI=1S/C24H31N3O3/c1-3-4-5-16-30-21-9-7-20(8-10-21)24(29)27-14-12-19(13-15-27)23(28)26-22-11-6-18(2)17-25-22/h6-11,17,19H,3-5,12-16H2,1-2H3,(H,25,26,28). The van der Waals surface area contributed by atoms with E-state index >= 15 is 0 Å². The summed E-state index contributed by atoms with van der Waals surface area (Å²) in [6.07, 6.45) is 6.41. The molecule has 1 N–H and O–H groups in total. The van der Waals surface area contributed by atoms with Crippen molar-refractivity contribution in [3.8, 4) is 5.75 Å². The summed E-state index contributed by atoms with van der Waals surface area (Å²) in [6, 6.07) is 11.1. The maximum absolute atomic E-state index is 12.8. The van der Waals surface area contributed by atoms with Gasteiger partial charge in [-0.2, -0.15) is 0 Å². The number of anilines is 1. The molecule has 1 aromatic carbocycles. The van der Waals surface area contributed by atoms with E-state index in [4.69, 9.17) is 4.74 Å². The van der Waals surface area contributed by atoms with Gasteiger partial charge in [0.15, 0.2) is 0 Å². The second-order valence-corrected chi connectivity index (χ2v) is 7.86. The lowest BCUT2D eigenvalue weighted by atomic mass is 9.95. The minimum Gasteiger partial charge on any atom is -0.494 e. The lowest BCUT2D eigenvalue weighted by Gasteiger charge is -2.31. The van der Waals surface area contributed by atoms with Crippen LogP contribution in [-0.4, -0.2) is 41.4 Å². The van der Waals surface area contributed by atoms with Crippen LogP contribution in [0, 0.1) is 12.8 Å². The Labute approximate surface area is 178 Å². The number of unbranched alkanes of at least 4 members (excludes halogenated alkanes) is 2. The Hall–Kier alpha value is -2.89. The molecule has 1 aromatic heterocycles. The molecule has 30 heavy (non-hydrogen) atoms. The number of amides is 2. The van der Waals surface area contributed by atoms with Crippen LogP contribution in [0.4, 0.5) is 5.82 Å². The van der Waals surface area contributed by atoms with E-state index in [-0.39, 0.29) is 17.7 Å². The van der Waals surface area contributed by atoms with Crippen LogP contribution in [0.25, 0.3) is 0 Å². The van der Waals surface area contributed by atoms with Gasteiger partial charge < -0.3 is 15.0 Å². The lowest BCUT2D eigenvalue weighted by molar-refractivity contribution is -0.121. The molecule has 1 saturated heterocycles. The number of hydrogen-bond donors (Lipinski definition) is 1. The van der Waals surface area contributed by atoms with Crippen molar-refractivity contribution in [3.63, 3.8) is 0 Å². The van der Waals surface area contributed by atoms with E-state index in [1.54, 1.807) is 6.20 Å². The number of carbonyl (C=O) groups excluding carboxylic acids is 2. The number of piperidine rings is 1. The average molecular weight is 410 g/mol. The molecule has 2 amide bonds. The number of nitrogens with one attached hydrogen (secondary N) is 1. The quantitative estimate of drug-likeness (QED) is 0.654. The van der Waals surface area contributed by atoms with E-state index < -0.39 is 0 Å². The summed E-state index contributed by atoms with van der Waals surface area (Å²) < 4.78 is 5.71. The van der Waals surface area contributed by atoms with Crippen molar-refractivity contribution in [1.29, 1.82) is 0 Å². The third kappa shape index (κ3) is 6.05. The predicted octanol–water partition coefficient (Wildman–Crippen LogP) is 4.45. The first kappa shape index (κ1) is 21.8. The smallest absolute Gasteiger partial charge is 0.253 e. The van der Waals surface area contributed by atoms with Crippen molar-refractivity contribution in [2.75, 3.05) is 25.0 Å². The fourth-order valence-corrected chi connectivity index (χ4v) is 3.53. The Bertz CT molecular complexity index is 826. The number of aromatic nitrogens is 1. The minimum absolute atomic E-state index is 0.00610. The summed E-state index contributed by atoms with van der Waals surface area (Å²) >= 11 is 0. The molecule has 0 aliphatic carbocycles. The summed E-state index contributed by atoms with van der Waals surface area (Å²) in [4.78, 5) is 31.3. The van der Waals surface area contributed by atoms with Gasteiger partial charge >= 0.3 is 0 Å². The monoisotopic (exact) mass is 409 g/mol. The fraction of sp³-hybridized carbons (Fsp3) is 0.458. The number of hydrogen-bond acceptors (Lipinski definition) is 4. The highest BCUT2D eigenvalue weighted by atomic mass is 16.5. The van der Waals surface area contributed by atoms with E-state index in [2.05, 4.69) is 17.2 Å². The van der Waals surface area contributed by atoms with E-state index in [1.165, 1.54) is 0 Å². The summed E-state index contributed by atoms with van der Waals surface area (Å²) in [5, 5.41) is 2.88. The van der Waals surface area contributed by atoms with E-state index in [0.717, 1.165) is 30.6 Å².